The normalized spacial score (nSPS) is 24.4. The molecule has 17 heavy (non-hydrogen) atoms. The van der Waals surface area contributed by atoms with Crippen molar-refractivity contribution in [2.24, 2.45) is 24.6 Å². The first-order valence-electron chi connectivity index (χ1n) is 6.16. The van der Waals surface area contributed by atoms with E-state index in [2.05, 4.69) is 4.98 Å². The molecule has 5 heteroatoms. The van der Waals surface area contributed by atoms with E-state index in [9.17, 15) is 0 Å². The molecule has 0 saturated heterocycles. The van der Waals surface area contributed by atoms with Gasteiger partial charge in [0, 0.05) is 7.05 Å². The third-order valence-corrected chi connectivity index (χ3v) is 4.06. The van der Waals surface area contributed by atoms with Gasteiger partial charge in [-0.1, -0.05) is 18.0 Å². The number of aromatic nitrogens is 2. The lowest BCUT2D eigenvalue weighted by molar-refractivity contribution is 0.0701. The number of rotatable bonds is 5. The van der Waals surface area contributed by atoms with Crippen LogP contribution in [0, 0.1) is 11.8 Å². The van der Waals surface area contributed by atoms with Crippen LogP contribution < -0.4 is 5.73 Å². The molecule has 1 saturated carbocycles. The van der Waals surface area contributed by atoms with Crippen LogP contribution in [-0.4, -0.2) is 22.7 Å². The molecular formula is C12H20ClN3O. The Morgan fingerprint density at radius 3 is 2.94 bits per heavy atom. The fourth-order valence-electron chi connectivity index (χ4n) is 2.50. The summed E-state index contributed by atoms with van der Waals surface area (Å²) in [6.07, 6.45) is 5.42. The summed E-state index contributed by atoms with van der Waals surface area (Å²) in [5, 5.41) is 0.643. The minimum atomic E-state index is 0.525. The molecule has 0 aromatic carbocycles. The Balaban J connectivity index is 1.78. The van der Waals surface area contributed by atoms with Crippen LogP contribution in [0.3, 0.4) is 0 Å². The van der Waals surface area contributed by atoms with Crippen LogP contribution in [0.15, 0.2) is 6.20 Å². The summed E-state index contributed by atoms with van der Waals surface area (Å²) in [6, 6.07) is 0. The van der Waals surface area contributed by atoms with Crippen molar-refractivity contribution in [2.75, 3.05) is 13.2 Å². The Morgan fingerprint density at radius 2 is 2.29 bits per heavy atom. The fraction of sp³-hybridized carbons (Fsp3) is 0.750. The molecule has 96 valence electrons. The maximum atomic E-state index is 5.91. The molecule has 1 aliphatic carbocycles. The van der Waals surface area contributed by atoms with Crippen molar-refractivity contribution in [3.05, 3.63) is 17.2 Å². The van der Waals surface area contributed by atoms with Crippen molar-refractivity contribution in [2.45, 2.75) is 25.9 Å². The van der Waals surface area contributed by atoms with E-state index < -0.39 is 0 Å². The lowest BCUT2D eigenvalue weighted by Crippen LogP contribution is -2.22. The molecule has 0 radical (unpaired) electrons. The van der Waals surface area contributed by atoms with Crippen molar-refractivity contribution in [1.82, 2.24) is 9.55 Å². The molecule has 0 amide bonds. The van der Waals surface area contributed by atoms with E-state index >= 15 is 0 Å². The molecule has 2 atom stereocenters. The molecule has 0 aliphatic heterocycles. The topological polar surface area (TPSA) is 53.1 Å². The molecule has 1 aromatic rings. The van der Waals surface area contributed by atoms with Crippen LogP contribution in [0.1, 0.15) is 25.1 Å². The van der Waals surface area contributed by atoms with Gasteiger partial charge in [-0.3, -0.25) is 0 Å². The van der Waals surface area contributed by atoms with Gasteiger partial charge in [-0.25, -0.2) is 4.98 Å². The molecule has 0 bridgehead atoms. The second kappa shape index (κ2) is 5.85. The van der Waals surface area contributed by atoms with Crippen LogP contribution in [0.25, 0.3) is 0 Å². The standard InChI is InChI=1S/C12H20ClN3O/c1-16-11(13)6-15-12(16)8-17-7-10-4-2-3-9(10)5-14/h6,9-10H,2-5,7-8,14H2,1H3. The third-order valence-electron chi connectivity index (χ3n) is 3.71. The largest absolute Gasteiger partial charge is 0.373 e. The van der Waals surface area contributed by atoms with E-state index in [4.69, 9.17) is 22.1 Å². The Kier molecular flexibility index (Phi) is 4.42. The lowest BCUT2D eigenvalue weighted by Gasteiger charge is -2.17. The highest BCUT2D eigenvalue weighted by molar-refractivity contribution is 6.29. The van der Waals surface area contributed by atoms with Gasteiger partial charge in [-0.2, -0.15) is 0 Å². The summed E-state index contributed by atoms with van der Waals surface area (Å²) in [6.45, 7) is 2.09. The fourth-order valence-corrected chi connectivity index (χ4v) is 2.65. The summed E-state index contributed by atoms with van der Waals surface area (Å²) in [5.74, 6) is 2.13. The molecule has 2 N–H and O–H groups in total. The van der Waals surface area contributed by atoms with E-state index in [1.807, 2.05) is 11.6 Å². The monoisotopic (exact) mass is 257 g/mol. The van der Waals surface area contributed by atoms with Gasteiger partial charge in [-0.15, -0.1) is 0 Å². The van der Waals surface area contributed by atoms with Gasteiger partial charge in [0.1, 0.15) is 17.6 Å². The zero-order valence-corrected chi connectivity index (χ0v) is 11.0. The Morgan fingerprint density at radius 1 is 1.53 bits per heavy atom. The number of hydrogen-bond donors (Lipinski definition) is 1. The Bertz CT molecular complexity index is 367. The molecule has 0 spiro atoms. The van der Waals surface area contributed by atoms with Gasteiger partial charge in [0.05, 0.1) is 12.8 Å². The Hall–Kier alpha value is -0.580. The summed E-state index contributed by atoms with van der Waals surface area (Å²) < 4.78 is 7.58. The molecule has 2 rings (SSSR count). The van der Waals surface area contributed by atoms with Crippen LogP contribution in [-0.2, 0) is 18.4 Å². The second-order valence-electron chi connectivity index (χ2n) is 4.76. The van der Waals surface area contributed by atoms with Crippen molar-refractivity contribution in [1.29, 1.82) is 0 Å². The van der Waals surface area contributed by atoms with Crippen LogP contribution >= 0.6 is 11.6 Å². The summed E-state index contributed by atoms with van der Waals surface area (Å²) in [5.41, 5.74) is 5.75. The number of ether oxygens (including phenoxy) is 1. The molecule has 1 aliphatic rings. The summed E-state index contributed by atoms with van der Waals surface area (Å²) in [7, 11) is 1.90. The number of hydrogen-bond acceptors (Lipinski definition) is 3. The van der Waals surface area contributed by atoms with Crippen LogP contribution in [0.2, 0.25) is 5.15 Å². The molecule has 2 unspecified atom stereocenters. The maximum absolute atomic E-state index is 5.91. The number of nitrogens with zero attached hydrogens (tertiary/aromatic N) is 2. The lowest BCUT2D eigenvalue weighted by atomic mass is 9.97. The van der Waals surface area contributed by atoms with E-state index in [0.29, 0.717) is 23.6 Å². The molecule has 1 heterocycles. The van der Waals surface area contributed by atoms with Crippen molar-refractivity contribution < 1.29 is 4.74 Å². The minimum absolute atomic E-state index is 0.525. The predicted molar refractivity (Wildman–Crippen MR) is 67.8 cm³/mol. The van der Waals surface area contributed by atoms with E-state index in [-0.39, 0.29) is 0 Å². The van der Waals surface area contributed by atoms with Gasteiger partial charge in [0.15, 0.2) is 0 Å². The van der Waals surface area contributed by atoms with Gasteiger partial charge in [0.25, 0.3) is 0 Å². The second-order valence-corrected chi connectivity index (χ2v) is 5.15. The smallest absolute Gasteiger partial charge is 0.135 e. The zero-order chi connectivity index (χ0) is 12.3. The van der Waals surface area contributed by atoms with Crippen molar-refractivity contribution in [3.63, 3.8) is 0 Å². The number of imidazole rings is 1. The number of nitrogens with two attached hydrogens (primary N) is 1. The quantitative estimate of drug-likeness (QED) is 0.877. The highest BCUT2D eigenvalue weighted by atomic mass is 35.5. The molecule has 1 aromatic heterocycles. The van der Waals surface area contributed by atoms with Crippen LogP contribution in [0.5, 0.6) is 0 Å². The predicted octanol–water partition coefficient (Wildman–Crippen LogP) is 1.97. The SMILES string of the molecule is Cn1c(Cl)cnc1COCC1CCCC1CN. The Labute approximate surface area is 107 Å². The third kappa shape index (κ3) is 3.00. The van der Waals surface area contributed by atoms with Gasteiger partial charge < -0.3 is 15.0 Å². The van der Waals surface area contributed by atoms with Gasteiger partial charge >= 0.3 is 0 Å². The van der Waals surface area contributed by atoms with E-state index in [1.54, 1.807) is 6.20 Å². The first-order valence-corrected chi connectivity index (χ1v) is 6.54. The summed E-state index contributed by atoms with van der Waals surface area (Å²) in [4.78, 5) is 4.20. The van der Waals surface area contributed by atoms with E-state index in [0.717, 1.165) is 19.0 Å². The average Bonchev–Trinajstić information content (AvgIpc) is 2.90. The minimum Gasteiger partial charge on any atom is -0.373 e. The summed E-state index contributed by atoms with van der Waals surface area (Å²) >= 11 is 5.91. The first-order chi connectivity index (χ1) is 8.22. The van der Waals surface area contributed by atoms with Crippen molar-refractivity contribution in [3.8, 4) is 0 Å². The molecule has 4 nitrogen and oxygen atoms in total. The number of halogens is 1. The molecule has 1 fully saturated rings. The van der Waals surface area contributed by atoms with Crippen molar-refractivity contribution >= 4 is 11.6 Å². The first kappa shape index (κ1) is 12.9. The van der Waals surface area contributed by atoms with E-state index in [1.165, 1.54) is 19.3 Å². The maximum Gasteiger partial charge on any atom is 0.135 e. The zero-order valence-electron chi connectivity index (χ0n) is 10.2. The highest BCUT2D eigenvalue weighted by Gasteiger charge is 2.26. The average molecular weight is 258 g/mol. The van der Waals surface area contributed by atoms with Gasteiger partial charge in [-0.05, 0) is 31.2 Å². The van der Waals surface area contributed by atoms with Crippen LogP contribution in [0.4, 0.5) is 0 Å². The molecular weight excluding hydrogens is 238 g/mol. The highest BCUT2D eigenvalue weighted by Crippen LogP contribution is 2.31. The van der Waals surface area contributed by atoms with Gasteiger partial charge in [0.2, 0.25) is 0 Å².